The molecule has 1 rings (SSSR count). The van der Waals surface area contributed by atoms with Gasteiger partial charge in [-0.05, 0) is 29.9 Å². The number of ether oxygens (including phenoxy) is 1. The van der Waals surface area contributed by atoms with Crippen LogP contribution in [0.15, 0.2) is 30.3 Å². The van der Waals surface area contributed by atoms with E-state index < -0.39 is 0 Å². The monoisotopic (exact) mass is 284 g/mol. The molecule has 0 aliphatic carbocycles. The Hall–Kier alpha value is -0.500. The summed E-state index contributed by atoms with van der Waals surface area (Å²) in [5, 5.41) is 1.02. The van der Waals surface area contributed by atoms with Crippen LogP contribution in [0, 0.1) is 11.3 Å². The maximum atomic E-state index is 5.73. The SMILES string of the molecule is CC(C)C(C)(CBr)CCOc1ccccc1. The standard InChI is InChI=1S/C14H21BrO/c1-12(2)14(3,11-15)9-10-16-13-7-5-4-6-8-13/h4-8,12H,9-11H2,1-3H3. The van der Waals surface area contributed by atoms with Gasteiger partial charge in [0.1, 0.15) is 5.75 Å². The summed E-state index contributed by atoms with van der Waals surface area (Å²) in [7, 11) is 0. The van der Waals surface area contributed by atoms with E-state index in [1.165, 1.54) is 0 Å². The Labute approximate surface area is 107 Å². The topological polar surface area (TPSA) is 9.23 Å². The number of rotatable bonds is 6. The molecule has 0 heterocycles. The van der Waals surface area contributed by atoms with Crippen molar-refractivity contribution >= 4 is 15.9 Å². The molecule has 1 nitrogen and oxygen atoms in total. The minimum absolute atomic E-state index is 0.314. The van der Waals surface area contributed by atoms with Crippen molar-refractivity contribution < 1.29 is 4.74 Å². The van der Waals surface area contributed by atoms with Crippen LogP contribution in [0.5, 0.6) is 5.75 Å². The summed E-state index contributed by atoms with van der Waals surface area (Å²) in [5.41, 5.74) is 0.314. The Balaban J connectivity index is 2.40. The smallest absolute Gasteiger partial charge is 0.119 e. The molecule has 1 aromatic carbocycles. The highest BCUT2D eigenvalue weighted by Gasteiger charge is 2.26. The van der Waals surface area contributed by atoms with Gasteiger partial charge in [-0.2, -0.15) is 0 Å². The minimum Gasteiger partial charge on any atom is -0.494 e. The number of halogens is 1. The fraction of sp³-hybridized carbons (Fsp3) is 0.571. The molecule has 1 aromatic rings. The predicted octanol–water partition coefficient (Wildman–Crippen LogP) is 4.51. The summed E-state index contributed by atoms with van der Waals surface area (Å²) in [6.45, 7) is 7.62. The van der Waals surface area contributed by atoms with Gasteiger partial charge in [-0.3, -0.25) is 0 Å². The van der Waals surface area contributed by atoms with E-state index in [4.69, 9.17) is 4.74 Å². The van der Waals surface area contributed by atoms with Crippen LogP contribution in [0.1, 0.15) is 27.2 Å². The molecule has 0 aliphatic heterocycles. The lowest BCUT2D eigenvalue weighted by molar-refractivity contribution is 0.181. The summed E-state index contributed by atoms with van der Waals surface area (Å²) in [6.07, 6.45) is 1.07. The Morgan fingerprint density at radius 3 is 2.38 bits per heavy atom. The van der Waals surface area contributed by atoms with Crippen molar-refractivity contribution in [2.45, 2.75) is 27.2 Å². The first-order valence-electron chi connectivity index (χ1n) is 5.82. The Morgan fingerprint density at radius 1 is 1.25 bits per heavy atom. The highest BCUT2D eigenvalue weighted by Crippen LogP contribution is 2.33. The van der Waals surface area contributed by atoms with Crippen molar-refractivity contribution in [3.8, 4) is 5.75 Å². The zero-order chi connectivity index (χ0) is 12.0. The summed E-state index contributed by atoms with van der Waals surface area (Å²) >= 11 is 3.60. The van der Waals surface area contributed by atoms with Gasteiger partial charge in [0, 0.05) is 5.33 Å². The van der Waals surface area contributed by atoms with Crippen molar-refractivity contribution in [1.82, 2.24) is 0 Å². The lowest BCUT2D eigenvalue weighted by atomic mass is 9.78. The molecule has 0 fully saturated rings. The van der Waals surface area contributed by atoms with Gasteiger partial charge in [-0.1, -0.05) is 54.9 Å². The highest BCUT2D eigenvalue weighted by molar-refractivity contribution is 9.09. The number of benzene rings is 1. The molecule has 1 atom stereocenters. The molecule has 0 N–H and O–H groups in total. The Kier molecular flexibility index (Phi) is 5.33. The number of alkyl halides is 1. The second-order valence-corrected chi connectivity index (χ2v) is 5.41. The second-order valence-electron chi connectivity index (χ2n) is 4.85. The van der Waals surface area contributed by atoms with E-state index in [1.807, 2.05) is 30.3 Å². The van der Waals surface area contributed by atoms with Crippen LogP contribution in [0.4, 0.5) is 0 Å². The number of hydrogen-bond acceptors (Lipinski definition) is 1. The number of para-hydroxylation sites is 1. The van der Waals surface area contributed by atoms with Crippen molar-refractivity contribution in [3.63, 3.8) is 0 Å². The molecule has 0 aromatic heterocycles. The third-order valence-corrected chi connectivity index (χ3v) is 4.67. The summed E-state index contributed by atoms with van der Waals surface area (Å²) < 4.78 is 5.73. The molecular formula is C14H21BrO. The van der Waals surface area contributed by atoms with E-state index in [-0.39, 0.29) is 0 Å². The number of hydrogen-bond donors (Lipinski definition) is 0. The van der Waals surface area contributed by atoms with Crippen LogP contribution in [0.3, 0.4) is 0 Å². The fourth-order valence-electron chi connectivity index (χ4n) is 1.43. The predicted molar refractivity (Wildman–Crippen MR) is 73.3 cm³/mol. The molecule has 0 aliphatic rings. The first-order valence-corrected chi connectivity index (χ1v) is 6.94. The fourth-order valence-corrected chi connectivity index (χ4v) is 2.36. The molecule has 0 saturated carbocycles. The van der Waals surface area contributed by atoms with E-state index in [0.717, 1.165) is 24.1 Å². The lowest BCUT2D eigenvalue weighted by Crippen LogP contribution is -2.27. The molecule has 16 heavy (non-hydrogen) atoms. The normalized spacial score (nSPS) is 14.8. The van der Waals surface area contributed by atoms with Gasteiger partial charge in [-0.25, -0.2) is 0 Å². The zero-order valence-electron chi connectivity index (χ0n) is 10.4. The molecule has 0 spiro atoms. The van der Waals surface area contributed by atoms with E-state index in [1.54, 1.807) is 0 Å². The molecular weight excluding hydrogens is 264 g/mol. The first-order chi connectivity index (χ1) is 7.58. The third kappa shape index (κ3) is 3.82. The van der Waals surface area contributed by atoms with E-state index >= 15 is 0 Å². The average Bonchev–Trinajstić information content (AvgIpc) is 2.30. The van der Waals surface area contributed by atoms with Crippen LogP contribution in [-0.2, 0) is 0 Å². The zero-order valence-corrected chi connectivity index (χ0v) is 12.0. The van der Waals surface area contributed by atoms with Crippen molar-refractivity contribution in [3.05, 3.63) is 30.3 Å². The molecule has 1 unspecified atom stereocenters. The molecule has 0 amide bonds. The van der Waals surface area contributed by atoms with Crippen LogP contribution < -0.4 is 4.74 Å². The molecule has 0 bridgehead atoms. The third-order valence-electron chi connectivity index (χ3n) is 3.38. The van der Waals surface area contributed by atoms with E-state index in [2.05, 4.69) is 36.7 Å². The molecule has 0 radical (unpaired) electrons. The van der Waals surface area contributed by atoms with Gasteiger partial charge < -0.3 is 4.74 Å². The summed E-state index contributed by atoms with van der Waals surface area (Å²) in [6, 6.07) is 10.0. The summed E-state index contributed by atoms with van der Waals surface area (Å²) in [4.78, 5) is 0. The molecule has 0 saturated heterocycles. The van der Waals surface area contributed by atoms with E-state index in [0.29, 0.717) is 11.3 Å². The van der Waals surface area contributed by atoms with Crippen molar-refractivity contribution in [1.29, 1.82) is 0 Å². The van der Waals surface area contributed by atoms with Crippen LogP contribution in [0.25, 0.3) is 0 Å². The van der Waals surface area contributed by atoms with Gasteiger partial charge in [0.15, 0.2) is 0 Å². The Morgan fingerprint density at radius 2 is 1.88 bits per heavy atom. The van der Waals surface area contributed by atoms with Gasteiger partial charge in [0.25, 0.3) is 0 Å². The lowest BCUT2D eigenvalue weighted by Gasteiger charge is -2.31. The van der Waals surface area contributed by atoms with Gasteiger partial charge >= 0.3 is 0 Å². The quantitative estimate of drug-likeness (QED) is 0.699. The molecule has 2 heteroatoms. The second kappa shape index (κ2) is 6.29. The van der Waals surface area contributed by atoms with Crippen LogP contribution in [-0.4, -0.2) is 11.9 Å². The minimum atomic E-state index is 0.314. The maximum Gasteiger partial charge on any atom is 0.119 e. The Bertz CT molecular complexity index is 297. The largest absolute Gasteiger partial charge is 0.494 e. The highest BCUT2D eigenvalue weighted by atomic mass is 79.9. The van der Waals surface area contributed by atoms with Gasteiger partial charge in [-0.15, -0.1) is 0 Å². The summed E-state index contributed by atoms with van der Waals surface area (Å²) in [5.74, 6) is 1.62. The first kappa shape index (κ1) is 13.6. The van der Waals surface area contributed by atoms with Gasteiger partial charge in [0.2, 0.25) is 0 Å². The van der Waals surface area contributed by atoms with Crippen LogP contribution >= 0.6 is 15.9 Å². The van der Waals surface area contributed by atoms with Gasteiger partial charge in [0.05, 0.1) is 6.61 Å². The molecule has 90 valence electrons. The van der Waals surface area contributed by atoms with Crippen molar-refractivity contribution in [2.24, 2.45) is 11.3 Å². The van der Waals surface area contributed by atoms with E-state index in [9.17, 15) is 0 Å². The van der Waals surface area contributed by atoms with Crippen molar-refractivity contribution in [2.75, 3.05) is 11.9 Å². The van der Waals surface area contributed by atoms with Crippen LogP contribution in [0.2, 0.25) is 0 Å². The average molecular weight is 285 g/mol. The maximum absolute atomic E-state index is 5.73.